The van der Waals surface area contributed by atoms with Crippen LogP contribution in [-0.2, 0) is 12.0 Å². The summed E-state index contributed by atoms with van der Waals surface area (Å²) in [6, 6.07) is 9.05. The summed E-state index contributed by atoms with van der Waals surface area (Å²) in [7, 11) is 0. The molecule has 3 heteroatoms. The second kappa shape index (κ2) is 7.05. The molecule has 2 rings (SSSR count). The Morgan fingerprint density at radius 2 is 1.89 bits per heavy atom. The number of hydrogen-bond acceptors (Lipinski definition) is 3. The summed E-state index contributed by atoms with van der Waals surface area (Å²) >= 11 is 4.21. The van der Waals surface area contributed by atoms with E-state index in [4.69, 9.17) is 0 Å². The Morgan fingerprint density at radius 1 is 1.16 bits per heavy atom. The van der Waals surface area contributed by atoms with Crippen molar-refractivity contribution in [2.75, 3.05) is 23.8 Å². The summed E-state index contributed by atoms with van der Waals surface area (Å²) in [5.41, 5.74) is 3.05. The van der Waals surface area contributed by atoms with Crippen LogP contribution in [0, 0.1) is 0 Å². The molecule has 0 aliphatic carbocycles. The minimum Gasteiger partial charge on any atom is -0.312 e. The number of hydrogen-bond donors (Lipinski definition) is 1. The third-order valence-corrected chi connectivity index (χ3v) is 6.25. The van der Waals surface area contributed by atoms with Gasteiger partial charge in [0, 0.05) is 35.6 Å². The van der Waals surface area contributed by atoms with Gasteiger partial charge in [0.1, 0.15) is 0 Å². The monoisotopic (exact) mass is 295 g/mol. The minimum atomic E-state index is 0.252. The first-order valence-corrected chi connectivity index (χ1v) is 9.25. The minimum absolute atomic E-state index is 0.252. The van der Waals surface area contributed by atoms with E-state index in [0.29, 0.717) is 0 Å². The highest BCUT2D eigenvalue weighted by Gasteiger charge is 2.14. The quantitative estimate of drug-likeness (QED) is 0.904. The second-order valence-corrected chi connectivity index (χ2v) is 8.70. The molecule has 1 nitrogen and oxygen atoms in total. The van der Waals surface area contributed by atoms with E-state index in [1.165, 1.54) is 28.4 Å². The van der Waals surface area contributed by atoms with Crippen molar-refractivity contribution in [3.05, 3.63) is 35.4 Å². The first-order chi connectivity index (χ1) is 9.05. The fraction of sp³-hybridized carbons (Fsp3) is 0.625. The van der Waals surface area contributed by atoms with E-state index in [9.17, 15) is 0 Å². The van der Waals surface area contributed by atoms with Crippen LogP contribution in [0.25, 0.3) is 0 Å². The smallest absolute Gasteiger partial charge is 0.0263 e. The molecule has 1 saturated heterocycles. The summed E-state index contributed by atoms with van der Waals surface area (Å²) in [6.45, 7) is 8.92. The lowest BCUT2D eigenvalue weighted by molar-refractivity contribution is 0.589. The Morgan fingerprint density at radius 3 is 2.47 bits per heavy atom. The molecule has 1 aliphatic heterocycles. The maximum Gasteiger partial charge on any atom is 0.0263 e. The molecule has 0 bridgehead atoms. The van der Waals surface area contributed by atoms with Crippen molar-refractivity contribution in [1.82, 2.24) is 5.32 Å². The SMILES string of the molecule is CC(C)(C)c1ccc(CNCC2CSCCS2)cc1. The normalized spacial score (nSPS) is 20.5. The molecule has 19 heavy (non-hydrogen) atoms. The Labute approximate surface area is 126 Å². The van der Waals surface area contributed by atoms with E-state index < -0.39 is 0 Å². The molecule has 1 aromatic rings. The Hall–Kier alpha value is -0.120. The van der Waals surface area contributed by atoms with E-state index in [-0.39, 0.29) is 5.41 Å². The second-order valence-electron chi connectivity index (χ2n) is 6.15. The lowest BCUT2D eigenvalue weighted by Crippen LogP contribution is -2.28. The van der Waals surface area contributed by atoms with Crippen LogP contribution in [0.5, 0.6) is 0 Å². The molecule has 0 saturated carbocycles. The van der Waals surface area contributed by atoms with Gasteiger partial charge >= 0.3 is 0 Å². The third kappa shape index (κ3) is 5.05. The van der Waals surface area contributed by atoms with Gasteiger partial charge in [-0.3, -0.25) is 0 Å². The molecule has 1 aromatic carbocycles. The predicted molar refractivity (Wildman–Crippen MR) is 90.4 cm³/mol. The van der Waals surface area contributed by atoms with E-state index in [1.54, 1.807) is 0 Å². The zero-order valence-electron chi connectivity index (χ0n) is 12.2. The average Bonchev–Trinajstić information content (AvgIpc) is 2.39. The van der Waals surface area contributed by atoms with Gasteiger partial charge in [-0.25, -0.2) is 0 Å². The fourth-order valence-electron chi connectivity index (χ4n) is 2.15. The van der Waals surface area contributed by atoms with Crippen LogP contribution in [0.3, 0.4) is 0 Å². The molecule has 1 N–H and O–H groups in total. The molecule has 106 valence electrons. The number of thioether (sulfide) groups is 2. The van der Waals surface area contributed by atoms with Crippen molar-refractivity contribution in [3.63, 3.8) is 0 Å². The summed E-state index contributed by atoms with van der Waals surface area (Å²) in [5.74, 6) is 3.95. The van der Waals surface area contributed by atoms with Gasteiger partial charge in [0.25, 0.3) is 0 Å². The lowest BCUT2D eigenvalue weighted by Gasteiger charge is -2.21. The number of nitrogens with one attached hydrogen (secondary N) is 1. The maximum absolute atomic E-state index is 3.60. The molecule has 1 unspecified atom stereocenters. The molecule has 0 aromatic heterocycles. The van der Waals surface area contributed by atoms with Crippen LogP contribution in [0.1, 0.15) is 31.9 Å². The third-order valence-electron chi connectivity index (χ3n) is 3.41. The van der Waals surface area contributed by atoms with Crippen molar-refractivity contribution >= 4 is 23.5 Å². The topological polar surface area (TPSA) is 12.0 Å². The first kappa shape index (κ1) is 15.3. The Balaban J connectivity index is 1.76. The van der Waals surface area contributed by atoms with Crippen LogP contribution < -0.4 is 5.32 Å². The van der Waals surface area contributed by atoms with Gasteiger partial charge in [0.2, 0.25) is 0 Å². The van der Waals surface area contributed by atoms with E-state index in [2.05, 4.69) is 73.9 Å². The highest BCUT2D eigenvalue weighted by Crippen LogP contribution is 2.24. The molecule has 0 radical (unpaired) electrons. The molecule has 1 aliphatic rings. The summed E-state index contributed by atoms with van der Waals surface area (Å²) < 4.78 is 0. The lowest BCUT2D eigenvalue weighted by atomic mass is 9.87. The van der Waals surface area contributed by atoms with Gasteiger partial charge in [0.15, 0.2) is 0 Å². The summed E-state index contributed by atoms with van der Waals surface area (Å²) in [5, 5.41) is 4.39. The van der Waals surface area contributed by atoms with Crippen LogP contribution in [0.4, 0.5) is 0 Å². The van der Waals surface area contributed by atoms with Gasteiger partial charge in [-0.05, 0) is 16.5 Å². The van der Waals surface area contributed by atoms with Crippen LogP contribution in [-0.4, -0.2) is 29.1 Å². The maximum atomic E-state index is 3.60. The van der Waals surface area contributed by atoms with Gasteiger partial charge in [-0.15, -0.1) is 0 Å². The van der Waals surface area contributed by atoms with Crippen molar-refractivity contribution < 1.29 is 0 Å². The van der Waals surface area contributed by atoms with Gasteiger partial charge < -0.3 is 5.32 Å². The highest BCUT2D eigenvalue weighted by molar-refractivity contribution is 8.06. The van der Waals surface area contributed by atoms with E-state index in [1.807, 2.05) is 0 Å². The van der Waals surface area contributed by atoms with Crippen LogP contribution in [0.2, 0.25) is 0 Å². The number of benzene rings is 1. The van der Waals surface area contributed by atoms with Crippen LogP contribution >= 0.6 is 23.5 Å². The van der Waals surface area contributed by atoms with Gasteiger partial charge in [-0.1, -0.05) is 45.0 Å². The van der Waals surface area contributed by atoms with E-state index >= 15 is 0 Å². The number of rotatable bonds is 4. The van der Waals surface area contributed by atoms with Crippen LogP contribution in [0.15, 0.2) is 24.3 Å². The van der Waals surface area contributed by atoms with Gasteiger partial charge in [0.05, 0.1) is 0 Å². The molecule has 1 heterocycles. The first-order valence-electron chi connectivity index (χ1n) is 7.05. The zero-order chi connectivity index (χ0) is 13.7. The summed E-state index contributed by atoms with van der Waals surface area (Å²) in [6.07, 6.45) is 0. The molecular formula is C16H25NS2. The standard InChI is InChI=1S/C16H25NS2/c1-16(2,3)14-6-4-13(5-7-14)10-17-11-15-12-18-8-9-19-15/h4-7,15,17H,8-12H2,1-3H3. The molecule has 0 spiro atoms. The van der Waals surface area contributed by atoms with Crippen molar-refractivity contribution in [3.8, 4) is 0 Å². The Bertz CT molecular complexity index is 375. The fourth-order valence-corrected chi connectivity index (χ4v) is 4.80. The molecule has 1 atom stereocenters. The van der Waals surface area contributed by atoms with Crippen molar-refractivity contribution in [2.45, 2.75) is 38.0 Å². The van der Waals surface area contributed by atoms with Gasteiger partial charge in [-0.2, -0.15) is 23.5 Å². The Kier molecular flexibility index (Phi) is 5.67. The van der Waals surface area contributed by atoms with E-state index in [0.717, 1.165) is 18.3 Å². The molecular weight excluding hydrogens is 270 g/mol. The average molecular weight is 296 g/mol. The molecule has 1 fully saturated rings. The summed E-state index contributed by atoms with van der Waals surface area (Å²) in [4.78, 5) is 0. The molecule has 0 amide bonds. The largest absolute Gasteiger partial charge is 0.312 e. The zero-order valence-corrected chi connectivity index (χ0v) is 13.9. The highest BCUT2D eigenvalue weighted by atomic mass is 32.2. The predicted octanol–water partition coefficient (Wildman–Crippen LogP) is 3.92. The van der Waals surface area contributed by atoms with Crippen molar-refractivity contribution in [1.29, 1.82) is 0 Å². The van der Waals surface area contributed by atoms with Crippen molar-refractivity contribution in [2.24, 2.45) is 0 Å².